The zero-order chi connectivity index (χ0) is 14.9. The van der Waals surface area contributed by atoms with E-state index in [1.54, 1.807) is 12.2 Å². The van der Waals surface area contributed by atoms with Gasteiger partial charge in [-0.3, -0.25) is 0 Å². The van der Waals surface area contributed by atoms with Crippen LogP contribution in [0.15, 0.2) is 71.5 Å². The molecule has 2 rings (SSSR count). The topological polar surface area (TPSA) is 58.1 Å². The van der Waals surface area contributed by atoms with Crippen LogP contribution in [0, 0.1) is 0 Å². The van der Waals surface area contributed by atoms with E-state index in [0.717, 1.165) is 11.1 Å². The van der Waals surface area contributed by atoms with Crippen molar-refractivity contribution in [3.63, 3.8) is 0 Å². The minimum absolute atomic E-state index is 0.943. The third-order valence-corrected chi connectivity index (χ3v) is 4.61. The molecule has 0 fully saturated rings. The molecule has 2 atom stereocenters. The van der Waals surface area contributed by atoms with Gasteiger partial charge in [0.2, 0.25) is 0 Å². The zero-order valence-corrected chi connectivity index (χ0v) is 12.8. The van der Waals surface area contributed by atoms with E-state index in [1.165, 1.54) is 10.8 Å². The molecule has 3 nitrogen and oxygen atoms in total. The summed E-state index contributed by atoms with van der Waals surface area (Å²) in [5.41, 5.74) is 1.89. The summed E-state index contributed by atoms with van der Waals surface area (Å²) < 4.78 is 25.9. The largest absolute Gasteiger partial charge is 0.590 e. The molecular formula is C16H15NO2S2. The third kappa shape index (κ3) is 6.20. The van der Waals surface area contributed by atoms with E-state index in [1.807, 2.05) is 60.7 Å². The van der Waals surface area contributed by atoms with Gasteiger partial charge in [0, 0.05) is 4.13 Å². The molecule has 0 aliphatic heterocycles. The first-order chi connectivity index (χ1) is 10.2. The van der Waals surface area contributed by atoms with Gasteiger partial charge in [-0.25, -0.2) is 0 Å². The number of benzene rings is 2. The van der Waals surface area contributed by atoms with Gasteiger partial charge < -0.3 is 9.11 Å². The fourth-order valence-corrected chi connectivity index (χ4v) is 3.20. The highest BCUT2D eigenvalue weighted by Gasteiger charge is 2.11. The molecule has 0 aliphatic rings. The lowest BCUT2D eigenvalue weighted by Crippen LogP contribution is -2.27. The summed E-state index contributed by atoms with van der Waals surface area (Å²) in [7, 11) is 0. The van der Waals surface area contributed by atoms with Crippen LogP contribution in [0.5, 0.6) is 0 Å². The first kappa shape index (κ1) is 15.9. The minimum Gasteiger partial charge on any atom is -0.590 e. The molecule has 2 aromatic rings. The van der Waals surface area contributed by atoms with E-state index in [9.17, 15) is 9.11 Å². The molecule has 0 heterocycles. The Bertz CT molecular complexity index is 534. The van der Waals surface area contributed by atoms with Gasteiger partial charge in [-0.1, -0.05) is 60.7 Å². The summed E-state index contributed by atoms with van der Waals surface area (Å²) >= 11 is -2.98. The van der Waals surface area contributed by atoms with Gasteiger partial charge >= 0.3 is 0 Å². The van der Waals surface area contributed by atoms with Crippen LogP contribution in [0.1, 0.15) is 11.1 Å². The van der Waals surface area contributed by atoms with Gasteiger partial charge in [0.05, 0.1) is 0 Å². The van der Waals surface area contributed by atoms with Gasteiger partial charge in [0.1, 0.15) is 33.5 Å². The van der Waals surface area contributed by atoms with E-state index in [-0.39, 0.29) is 0 Å². The standard InChI is InChI=1S/C16H15NO2S2/c18-20(13-11-15-7-3-1-4-8-15)17-21(19)14-12-16-9-5-2-6-10-16/h1-14,17H/b13-11-,14-12+. The van der Waals surface area contributed by atoms with Crippen LogP contribution < -0.4 is 4.13 Å². The molecule has 0 saturated carbocycles. The Morgan fingerprint density at radius 3 is 1.43 bits per heavy atom. The predicted octanol–water partition coefficient (Wildman–Crippen LogP) is 3.25. The minimum atomic E-state index is -1.49. The van der Waals surface area contributed by atoms with E-state index < -0.39 is 22.7 Å². The quantitative estimate of drug-likeness (QED) is 0.832. The van der Waals surface area contributed by atoms with Gasteiger partial charge in [-0.05, 0) is 23.3 Å². The smallest absolute Gasteiger partial charge is 0.143 e. The summed E-state index contributed by atoms with van der Waals surface area (Å²) in [4.78, 5) is 0. The van der Waals surface area contributed by atoms with Crippen molar-refractivity contribution in [1.29, 1.82) is 0 Å². The molecule has 0 amide bonds. The predicted molar refractivity (Wildman–Crippen MR) is 90.4 cm³/mol. The maximum absolute atomic E-state index is 11.7. The van der Waals surface area contributed by atoms with Crippen LogP contribution in [0.25, 0.3) is 12.2 Å². The second-order valence-electron chi connectivity index (χ2n) is 4.11. The van der Waals surface area contributed by atoms with Crippen molar-refractivity contribution in [3.8, 4) is 0 Å². The van der Waals surface area contributed by atoms with Crippen molar-refractivity contribution in [1.82, 2.24) is 4.13 Å². The molecule has 108 valence electrons. The SMILES string of the molecule is [O-][S+](/C=C\c1ccccc1)N[S+]([O-])/C=C/c1ccccc1. The summed E-state index contributed by atoms with van der Waals surface area (Å²) in [6.07, 6.45) is 3.45. The Labute approximate surface area is 131 Å². The Kier molecular flexibility index (Phi) is 6.59. The number of rotatable bonds is 6. The normalized spacial score (nSPS) is 14.6. The molecule has 0 aromatic heterocycles. The molecule has 5 heteroatoms. The molecule has 0 saturated heterocycles. The second-order valence-corrected chi connectivity index (χ2v) is 6.51. The van der Waals surface area contributed by atoms with Crippen LogP contribution in [-0.2, 0) is 22.7 Å². The van der Waals surface area contributed by atoms with Crippen molar-refractivity contribution in [2.24, 2.45) is 0 Å². The average molecular weight is 317 g/mol. The molecule has 2 aromatic carbocycles. The number of hydrogen-bond acceptors (Lipinski definition) is 3. The lowest BCUT2D eigenvalue weighted by molar-refractivity contribution is 0.585. The highest BCUT2D eigenvalue weighted by molar-refractivity contribution is 8.07. The van der Waals surface area contributed by atoms with Crippen molar-refractivity contribution >= 4 is 34.9 Å². The molecule has 0 aliphatic carbocycles. The highest BCUT2D eigenvalue weighted by Crippen LogP contribution is 2.06. The fraction of sp³-hybridized carbons (Fsp3) is 0. The summed E-state index contributed by atoms with van der Waals surface area (Å²) in [6, 6.07) is 19.0. The molecule has 0 radical (unpaired) electrons. The molecule has 21 heavy (non-hydrogen) atoms. The third-order valence-electron chi connectivity index (χ3n) is 2.53. The Hall–Kier alpha value is -1.50. The lowest BCUT2D eigenvalue weighted by atomic mass is 10.2. The van der Waals surface area contributed by atoms with Gasteiger partial charge in [-0.15, -0.1) is 0 Å². The van der Waals surface area contributed by atoms with Crippen molar-refractivity contribution in [2.75, 3.05) is 0 Å². The first-order valence-corrected chi connectivity index (χ1v) is 8.70. The summed E-state index contributed by atoms with van der Waals surface area (Å²) in [5, 5.41) is 2.95. The van der Waals surface area contributed by atoms with E-state index in [4.69, 9.17) is 0 Å². The second kappa shape index (κ2) is 8.71. The van der Waals surface area contributed by atoms with Crippen molar-refractivity contribution in [3.05, 3.63) is 82.6 Å². The summed E-state index contributed by atoms with van der Waals surface area (Å²) in [5.74, 6) is 0. The van der Waals surface area contributed by atoms with Crippen LogP contribution in [0.4, 0.5) is 0 Å². The van der Waals surface area contributed by atoms with Crippen molar-refractivity contribution in [2.45, 2.75) is 0 Å². The van der Waals surface area contributed by atoms with Crippen LogP contribution >= 0.6 is 0 Å². The molecule has 0 spiro atoms. The Morgan fingerprint density at radius 1 is 0.667 bits per heavy atom. The van der Waals surface area contributed by atoms with Gasteiger partial charge in [-0.2, -0.15) is 0 Å². The van der Waals surface area contributed by atoms with Crippen LogP contribution in [0.2, 0.25) is 0 Å². The summed E-state index contributed by atoms with van der Waals surface area (Å²) in [6.45, 7) is 0. The highest BCUT2D eigenvalue weighted by atomic mass is 32.3. The van der Waals surface area contributed by atoms with Gasteiger partial charge in [0.15, 0.2) is 0 Å². The van der Waals surface area contributed by atoms with Crippen LogP contribution in [0.3, 0.4) is 0 Å². The average Bonchev–Trinajstić information content (AvgIpc) is 2.53. The van der Waals surface area contributed by atoms with Gasteiger partial charge in [0.25, 0.3) is 0 Å². The first-order valence-electron chi connectivity index (χ1n) is 6.28. The number of hydrogen-bond donors (Lipinski definition) is 1. The maximum atomic E-state index is 11.7. The fourth-order valence-electron chi connectivity index (χ4n) is 1.55. The molecule has 1 N–H and O–H groups in total. The van der Waals surface area contributed by atoms with E-state index in [2.05, 4.69) is 4.13 Å². The number of nitrogens with one attached hydrogen (secondary N) is 1. The van der Waals surface area contributed by atoms with Crippen LogP contribution in [-0.4, -0.2) is 9.11 Å². The Balaban J connectivity index is 1.83. The van der Waals surface area contributed by atoms with E-state index in [0.29, 0.717) is 0 Å². The lowest BCUT2D eigenvalue weighted by Gasteiger charge is -2.06. The van der Waals surface area contributed by atoms with E-state index >= 15 is 0 Å². The zero-order valence-electron chi connectivity index (χ0n) is 11.2. The maximum Gasteiger partial charge on any atom is 0.143 e. The molecule has 2 unspecified atom stereocenters. The Morgan fingerprint density at radius 2 is 1.05 bits per heavy atom. The monoisotopic (exact) mass is 317 g/mol. The van der Waals surface area contributed by atoms with Crippen molar-refractivity contribution < 1.29 is 9.11 Å². The molecular weight excluding hydrogens is 302 g/mol. The molecule has 0 bridgehead atoms.